The number of hydrogen-bond acceptors (Lipinski definition) is 5. The monoisotopic (exact) mass is 213 g/mol. The first-order chi connectivity index (χ1) is 7.24. The van der Waals surface area contributed by atoms with E-state index in [0.29, 0.717) is 12.5 Å². The second-order valence-electron chi connectivity index (χ2n) is 3.90. The van der Waals surface area contributed by atoms with E-state index < -0.39 is 0 Å². The molecule has 5 nitrogen and oxygen atoms in total. The Bertz CT molecular complexity index is 275. The van der Waals surface area contributed by atoms with Crippen molar-refractivity contribution in [1.82, 2.24) is 15.6 Å². The van der Waals surface area contributed by atoms with Gasteiger partial charge in [-0.3, -0.25) is 0 Å². The van der Waals surface area contributed by atoms with Gasteiger partial charge in [-0.05, 0) is 32.2 Å². The molecule has 0 amide bonds. The van der Waals surface area contributed by atoms with Gasteiger partial charge >= 0.3 is 0 Å². The molecule has 0 saturated carbocycles. The highest BCUT2D eigenvalue weighted by Crippen LogP contribution is 2.03. The van der Waals surface area contributed by atoms with E-state index in [1.165, 1.54) is 0 Å². The lowest BCUT2D eigenvalue weighted by Gasteiger charge is -2.07. The van der Waals surface area contributed by atoms with Crippen LogP contribution in [0.4, 0.5) is 0 Å². The summed E-state index contributed by atoms with van der Waals surface area (Å²) in [4.78, 5) is 0. The standard InChI is InChI=1S/C10H19N3O2/c1-8(7-14)4-3-5-11-6-10-9(2)12-15-13-10/h8,11,14H,3-7H2,1-2H3. The number of aliphatic hydroxyl groups is 1. The number of aryl methyl sites for hydroxylation is 1. The molecule has 2 N–H and O–H groups in total. The van der Waals surface area contributed by atoms with Crippen molar-refractivity contribution in [3.05, 3.63) is 11.4 Å². The molecule has 0 saturated heterocycles. The van der Waals surface area contributed by atoms with Gasteiger partial charge in [0.05, 0.1) is 0 Å². The smallest absolute Gasteiger partial charge is 0.121 e. The first-order valence-electron chi connectivity index (χ1n) is 5.33. The highest BCUT2D eigenvalue weighted by Gasteiger charge is 2.04. The molecule has 0 fully saturated rings. The zero-order valence-electron chi connectivity index (χ0n) is 9.36. The van der Waals surface area contributed by atoms with E-state index in [-0.39, 0.29) is 6.61 Å². The zero-order chi connectivity index (χ0) is 11.1. The normalized spacial score (nSPS) is 13.0. The summed E-state index contributed by atoms with van der Waals surface area (Å²) in [5.74, 6) is 0.391. The molecule has 5 heteroatoms. The molecule has 15 heavy (non-hydrogen) atoms. The third-order valence-electron chi connectivity index (χ3n) is 2.40. The fourth-order valence-corrected chi connectivity index (χ4v) is 1.28. The molecule has 1 aromatic rings. The van der Waals surface area contributed by atoms with Crippen molar-refractivity contribution in [3.63, 3.8) is 0 Å². The number of hydrogen-bond donors (Lipinski definition) is 2. The molecule has 0 aliphatic carbocycles. The van der Waals surface area contributed by atoms with Crippen LogP contribution in [0.25, 0.3) is 0 Å². The second kappa shape index (κ2) is 6.53. The van der Waals surface area contributed by atoms with Crippen LogP contribution in [0.15, 0.2) is 4.63 Å². The van der Waals surface area contributed by atoms with Crippen molar-refractivity contribution in [1.29, 1.82) is 0 Å². The summed E-state index contributed by atoms with van der Waals surface area (Å²) in [7, 11) is 0. The molecule has 1 aromatic heterocycles. The highest BCUT2D eigenvalue weighted by atomic mass is 16.6. The maximum Gasteiger partial charge on any atom is 0.121 e. The lowest BCUT2D eigenvalue weighted by molar-refractivity contribution is 0.228. The van der Waals surface area contributed by atoms with E-state index in [1.807, 2.05) is 13.8 Å². The van der Waals surface area contributed by atoms with E-state index in [1.54, 1.807) is 0 Å². The van der Waals surface area contributed by atoms with Crippen LogP contribution in [0.5, 0.6) is 0 Å². The Kier molecular flexibility index (Phi) is 5.28. The summed E-state index contributed by atoms with van der Waals surface area (Å²) >= 11 is 0. The lowest BCUT2D eigenvalue weighted by Crippen LogP contribution is -2.16. The van der Waals surface area contributed by atoms with Crippen LogP contribution in [-0.4, -0.2) is 28.6 Å². The van der Waals surface area contributed by atoms with Gasteiger partial charge in [0.15, 0.2) is 0 Å². The van der Waals surface area contributed by atoms with E-state index in [0.717, 1.165) is 30.8 Å². The Morgan fingerprint density at radius 1 is 1.47 bits per heavy atom. The fraction of sp³-hybridized carbons (Fsp3) is 0.800. The van der Waals surface area contributed by atoms with Crippen molar-refractivity contribution in [3.8, 4) is 0 Å². The summed E-state index contributed by atoms with van der Waals surface area (Å²) < 4.78 is 4.58. The number of aromatic nitrogens is 2. The molecule has 0 spiro atoms. The minimum absolute atomic E-state index is 0.270. The summed E-state index contributed by atoms with van der Waals surface area (Å²) in [6.07, 6.45) is 2.10. The average Bonchev–Trinajstić information content (AvgIpc) is 2.63. The van der Waals surface area contributed by atoms with Crippen molar-refractivity contribution in [2.45, 2.75) is 33.2 Å². The fourth-order valence-electron chi connectivity index (χ4n) is 1.28. The SMILES string of the molecule is Cc1nonc1CNCCCC(C)CO. The van der Waals surface area contributed by atoms with Gasteiger partial charge in [-0.25, -0.2) is 4.63 Å². The predicted octanol–water partition coefficient (Wildman–Crippen LogP) is 0.876. The molecule has 86 valence electrons. The van der Waals surface area contributed by atoms with Crippen LogP contribution in [0.1, 0.15) is 31.2 Å². The molecule has 1 rings (SSSR count). The van der Waals surface area contributed by atoms with E-state index in [4.69, 9.17) is 5.11 Å². The van der Waals surface area contributed by atoms with Gasteiger partial charge in [0.1, 0.15) is 11.4 Å². The Labute approximate surface area is 89.8 Å². The number of nitrogens with one attached hydrogen (secondary N) is 1. The highest BCUT2D eigenvalue weighted by molar-refractivity contribution is 5.03. The molecule has 1 heterocycles. The first kappa shape index (κ1) is 12.1. The molecule has 0 radical (unpaired) electrons. The van der Waals surface area contributed by atoms with Crippen molar-refractivity contribution in [2.24, 2.45) is 5.92 Å². The Morgan fingerprint density at radius 2 is 2.27 bits per heavy atom. The Balaban J connectivity index is 2.05. The molecule has 1 unspecified atom stereocenters. The number of aliphatic hydroxyl groups excluding tert-OH is 1. The topological polar surface area (TPSA) is 71.2 Å². The quantitative estimate of drug-likeness (QED) is 0.658. The minimum Gasteiger partial charge on any atom is -0.396 e. The molecule has 0 aliphatic heterocycles. The van der Waals surface area contributed by atoms with Crippen molar-refractivity contribution in [2.75, 3.05) is 13.2 Å². The van der Waals surface area contributed by atoms with E-state index >= 15 is 0 Å². The minimum atomic E-state index is 0.270. The lowest BCUT2D eigenvalue weighted by atomic mass is 10.1. The van der Waals surface area contributed by atoms with Gasteiger partial charge in [-0.1, -0.05) is 17.2 Å². The third-order valence-corrected chi connectivity index (χ3v) is 2.40. The largest absolute Gasteiger partial charge is 0.396 e. The van der Waals surface area contributed by atoms with Crippen LogP contribution < -0.4 is 5.32 Å². The summed E-state index contributed by atoms with van der Waals surface area (Å²) in [5.41, 5.74) is 1.71. The number of rotatable bonds is 7. The maximum atomic E-state index is 8.83. The summed E-state index contributed by atoms with van der Waals surface area (Å²) in [6.45, 7) is 5.82. The van der Waals surface area contributed by atoms with E-state index in [2.05, 4.69) is 20.3 Å². The number of nitrogens with zero attached hydrogens (tertiary/aromatic N) is 2. The van der Waals surface area contributed by atoms with Crippen molar-refractivity contribution >= 4 is 0 Å². The van der Waals surface area contributed by atoms with Gasteiger partial charge in [-0.2, -0.15) is 0 Å². The molecule has 0 aromatic carbocycles. The predicted molar refractivity (Wildman–Crippen MR) is 56.2 cm³/mol. The molecule has 1 atom stereocenters. The zero-order valence-corrected chi connectivity index (χ0v) is 9.36. The van der Waals surface area contributed by atoms with Crippen LogP contribution >= 0.6 is 0 Å². The summed E-state index contributed by atoms with van der Waals surface area (Å²) in [5, 5.41) is 19.6. The Hall–Kier alpha value is -0.940. The van der Waals surface area contributed by atoms with Crippen LogP contribution in [-0.2, 0) is 6.54 Å². The van der Waals surface area contributed by atoms with Gasteiger partial charge < -0.3 is 10.4 Å². The van der Waals surface area contributed by atoms with Crippen molar-refractivity contribution < 1.29 is 9.74 Å². The van der Waals surface area contributed by atoms with Crippen LogP contribution in [0.3, 0.4) is 0 Å². The average molecular weight is 213 g/mol. The van der Waals surface area contributed by atoms with E-state index in [9.17, 15) is 0 Å². The first-order valence-corrected chi connectivity index (χ1v) is 5.33. The van der Waals surface area contributed by atoms with Crippen LogP contribution in [0.2, 0.25) is 0 Å². The second-order valence-corrected chi connectivity index (χ2v) is 3.90. The molecule has 0 bridgehead atoms. The molecule has 0 aliphatic rings. The van der Waals surface area contributed by atoms with Gasteiger partial charge in [0.2, 0.25) is 0 Å². The Morgan fingerprint density at radius 3 is 2.87 bits per heavy atom. The summed E-state index contributed by atoms with van der Waals surface area (Å²) in [6, 6.07) is 0. The van der Waals surface area contributed by atoms with Gasteiger partial charge in [0, 0.05) is 13.2 Å². The van der Waals surface area contributed by atoms with Crippen LogP contribution in [0, 0.1) is 12.8 Å². The van der Waals surface area contributed by atoms with Gasteiger partial charge in [-0.15, -0.1) is 0 Å². The molecular formula is C10H19N3O2. The van der Waals surface area contributed by atoms with Gasteiger partial charge in [0.25, 0.3) is 0 Å². The third kappa shape index (κ3) is 4.40. The molecular weight excluding hydrogens is 194 g/mol. The maximum absolute atomic E-state index is 8.83.